The zero-order valence-electron chi connectivity index (χ0n) is 16.3. The van der Waals surface area contributed by atoms with Gasteiger partial charge >= 0.3 is 0 Å². The van der Waals surface area contributed by atoms with Crippen LogP contribution < -0.4 is 10.6 Å². The lowest BCUT2D eigenvalue weighted by Gasteiger charge is -2.28. The molecule has 3 N–H and O–H groups in total. The third-order valence-electron chi connectivity index (χ3n) is 4.67. The van der Waals surface area contributed by atoms with Crippen LogP contribution in [0.4, 0.5) is 0 Å². The minimum Gasteiger partial charge on any atom is -0.468 e. The second-order valence-corrected chi connectivity index (χ2v) is 7.83. The topological polar surface area (TPSA) is 104 Å². The zero-order chi connectivity index (χ0) is 20.0. The van der Waals surface area contributed by atoms with Gasteiger partial charge in [-0.15, -0.1) is 11.8 Å². The smallest absolute Gasteiger partial charge is 0.266 e. The maximum Gasteiger partial charge on any atom is 0.266 e. The van der Waals surface area contributed by atoms with Crippen molar-refractivity contribution in [2.75, 3.05) is 13.1 Å². The second kappa shape index (κ2) is 9.94. The van der Waals surface area contributed by atoms with Crippen molar-refractivity contribution >= 4 is 29.3 Å². The first-order chi connectivity index (χ1) is 12.9. The van der Waals surface area contributed by atoms with Gasteiger partial charge in [-0.25, -0.2) is 0 Å². The van der Waals surface area contributed by atoms with Crippen LogP contribution in [0, 0.1) is 11.8 Å². The molecule has 0 spiro atoms. The fraction of sp³-hybridized carbons (Fsp3) is 0.632. The van der Waals surface area contributed by atoms with Crippen LogP contribution in [-0.2, 0) is 15.3 Å². The highest BCUT2D eigenvalue weighted by molar-refractivity contribution is 8.00. The summed E-state index contributed by atoms with van der Waals surface area (Å²) in [4.78, 5) is 29.7. The lowest BCUT2D eigenvalue weighted by molar-refractivity contribution is -0.129. The van der Waals surface area contributed by atoms with Crippen LogP contribution in [-0.4, -0.2) is 53.1 Å². The van der Waals surface area contributed by atoms with E-state index in [4.69, 9.17) is 4.42 Å². The van der Waals surface area contributed by atoms with Gasteiger partial charge in [0, 0.05) is 13.1 Å². The predicted octanol–water partition coefficient (Wildman–Crippen LogP) is 1.61. The zero-order valence-corrected chi connectivity index (χ0v) is 17.1. The molecular formula is C19H29N3O4S. The highest BCUT2D eigenvalue weighted by Crippen LogP contribution is 2.37. The van der Waals surface area contributed by atoms with Crippen LogP contribution in [0.5, 0.6) is 0 Å². The van der Waals surface area contributed by atoms with Gasteiger partial charge in [0.2, 0.25) is 5.91 Å². The lowest BCUT2D eigenvalue weighted by atomic mass is 9.85. The summed E-state index contributed by atoms with van der Waals surface area (Å²) in [7, 11) is 0. The maximum atomic E-state index is 12.6. The molecule has 0 saturated heterocycles. The Kier molecular flexibility index (Phi) is 7.91. The lowest BCUT2D eigenvalue weighted by Crippen LogP contribution is -2.45. The Bertz CT molecular complexity index is 660. The first-order valence-corrected chi connectivity index (χ1v) is 10.4. The molecule has 2 amide bonds. The van der Waals surface area contributed by atoms with Gasteiger partial charge < -0.3 is 20.2 Å². The number of hydrogen-bond donors (Lipinski definition) is 3. The van der Waals surface area contributed by atoms with Gasteiger partial charge in [-0.3, -0.25) is 14.6 Å². The molecule has 7 nitrogen and oxygen atoms in total. The van der Waals surface area contributed by atoms with Gasteiger partial charge in [-0.1, -0.05) is 6.92 Å². The van der Waals surface area contributed by atoms with Gasteiger partial charge in [0.05, 0.1) is 35.3 Å². The Balaban J connectivity index is 2.26. The van der Waals surface area contributed by atoms with Crippen LogP contribution in [0.1, 0.15) is 33.5 Å². The number of rotatable bonds is 9. The molecule has 1 aromatic rings. The van der Waals surface area contributed by atoms with E-state index in [2.05, 4.69) is 15.6 Å². The molecule has 0 radical (unpaired) electrons. The molecule has 1 aliphatic heterocycles. The number of aliphatic imine (C=N–C) groups is 1. The van der Waals surface area contributed by atoms with Gasteiger partial charge in [-0.2, -0.15) is 0 Å². The standard InChI is InChI=1S/C19H29N3O4S/c1-5-20-18(24)14(12(4)23)15-11(3)17(16(22-15)19(25)21-6-2)27-10-13-8-7-9-26-13/h7-9,11-12,14-15,17,23H,5-6,10H2,1-4H3,(H,20,24)(H,21,25)/t11-,12-,14-,15-,17+/m1/s1. The van der Waals surface area contributed by atoms with Crippen molar-refractivity contribution in [3.63, 3.8) is 0 Å². The number of nitrogens with zero attached hydrogens (tertiary/aromatic N) is 1. The van der Waals surface area contributed by atoms with Gasteiger partial charge in [-0.05, 0) is 38.8 Å². The Morgan fingerprint density at radius 2 is 2.04 bits per heavy atom. The molecular weight excluding hydrogens is 366 g/mol. The summed E-state index contributed by atoms with van der Waals surface area (Å²) >= 11 is 1.57. The van der Waals surface area contributed by atoms with Gasteiger partial charge in [0.15, 0.2) is 0 Å². The molecule has 0 unspecified atom stereocenters. The average Bonchev–Trinajstić information content (AvgIpc) is 3.22. The van der Waals surface area contributed by atoms with Crippen molar-refractivity contribution in [2.24, 2.45) is 16.8 Å². The number of carbonyl (C=O) groups is 2. The van der Waals surface area contributed by atoms with Crippen LogP contribution in [0.2, 0.25) is 0 Å². The molecule has 1 aromatic heterocycles. The Morgan fingerprint density at radius 1 is 1.33 bits per heavy atom. The minimum atomic E-state index is -0.864. The van der Waals surface area contributed by atoms with Crippen molar-refractivity contribution in [3.8, 4) is 0 Å². The number of carbonyl (C=O) groups excluding carboxylic acids is 2. The quantitative estimate of drug-likeness (QED) is 0.589. The Hall–Kier alpha value is -1.80. The van der Waals surface area contributed by atoms with Crippen LogP contribution in [0.25, 0.3) is 0 Å². The average molecular weight is 396 g/mol. The van der Waals surface area contributed by atoms with Crippen molar-refractivity contribution < 1.29 is 19.1 Å². The molecule has 0 aromatic carbocycles. The molecule has 2 rings (SSSR count). The molecule has 0 saturated carbocycles. The van der Waals surface area contributed by atoms with E-state index in [1.165, 1.54) is 0 Å². The monoisotopic (exact) mass is 395 g/mol. The summed E-state index contributed by atoms with van der Waals surface area (Å²) in [6.07, 6.45) is 0.755. The van der Waals surface area contributed by atoms with Crippen molar-refractivity contribution in [1.29, 1.82) is 0 Å². The molecule has 8 heteroatoms. The molecule has 5 atom stereocenters. The fourth-order valence-corrected chi connectivity index (χ4v) is 4.67. The fourth-order valence-electron chi connectivity index (χ4n) is 3.37. The third kappa shape index (κ3) is 5.13. The summed E-state index contributed by atoms with van der Waals surface area (Å²) in [6.45, 7) is 8.24. The van der Waals surface area contributed by atoms with Crippen molar-refractivity contribution in [2.45, 2.75) is 50.8 Å². The molecule has 1 aliphatic rings. The number of aliphatic hydroxyl groups is 1. The first-order valence-electron chi connectivity index (χ1n) is 9.36. The summed E-state index contributed by atoms with van der Waals surface area (Å²) in [5.74, 6) is 0.197. The predicted molar refractivity (Wildman–Crippen MR) is 107 cm³/mol. The van der Waals surface area contributed by atoms with E-state index in [0.717, 1.165) is 5.76 Å². The van der Waals surface area contributed by atoms with Crippen molar-refractivity contribution in [3.05, 3.63) is 24.2 Å². The molecule has 0 bridgehead atoms. The van der Waals surface area contributed by atoms with Gasteiger partial charge in [0.1, 0.15) is 11.5 Å². The maximum absolute atomic E-state index is 12.6. The highest BCUT2D eigenvalue weighted by Gasteiger charge is 2.46. The van der Waals surface area contributed by atoms with E-state index in [1.54, 1.807) is 24.9 Å². The number of amides is 2. The molecule has 0 fully saturated rings. The first kappa shape index (κ1) is 21.5. The third-order valence-corrected chi connectivity index (χ3v) is 6.13. The molecule has 2 heterocycles. The number of hydrogen-bond acceptors (Lipinski definition) is 6. The van der Waals surface area contributed by atoms with E-state index >= 15 is 0 Å². The van der Waals surface area contributed by atoms with E-state index < -0.39 is 18.1 Å². The molecule has 0 aliphatic carbocycles. The van der Waals surface area contributed by atoms with Crippen LogP contribution in [0.15, 0.2) is 27.8 Å². The normalized spacial score (nSPS) is 24.2. The van der Waals surface area contributed by atoms with E-state index in [9.17, 15) is 14.7 Å². The number of thioether (sulfide) groups is 1. The van der Waals surface area contributed by atoms with Crippen molar-refractivity contribution in [1.82, 2.24) is 10.6 Å². The number of aliphatic hydroxyl groups excluding tert-OH is 1. The molecule has 27 heavy (non-hydrogen) atoms. The summed E-state index contributed by atoms with van der Waals surface area (Å²) in [6, 6.07) is 3.26. The number of furan rings is 1. The minimum absolute atomic E-state index is 0.0789. The second-order valence-electron chi connectivity index (χ2n) is 6.70. The van der Waals surface area contributed by atoms with E-state index in [-0.39, 0.29) is 23.0 Å². The van der Waals surface area contributed by atoms with Crippen LogP contribution >= 0.6 is 11.8 Å². The highest BCUT2D eigenvalue weighted by atomic mass is 32.2. The summed E-state index contributed by atoms with van der Waals surface area (Å²) in [5, 5.41) is 15.6. The Labute approximate surface area is 164 Å². The molecule has 150 valence electrons. The van der Waals surface area contributed by atoms with E-state index in [1.807, 2.05) is 32.9 Å². The largest absolute Gasteiger partial charge is 0.468 e. The van der Waals surface area contributed by atoms with Gasteiger partial charge in [0.25, 0.3) is 5.91 Å². The Morgan fingerprint density at radius 3 is 2.59 bits per heavy atom. The number of nitrogens with one attached hydrogen (secondary N) is 2. The van der Waals surface area contributed by atoms with Crippen LogP contribution in [0.3, 0.4) is 0 Å². The summed E-state index contributed by atoms with van der Waals surface area (Å²) in [5.41, 5.74) is 0.431. The van der Waals surface area contributed by atoms with E-state index in [0.29, 0.717) is 24.6 Å². The summed E-state index contributed by atoms with van der Waals surface area (Å²) < 4.78 is 5.39. The SMILES string of the molecule is CCNC(=O)C1=N[C@@H]([C@H](C(=O)NCC)[C@@H](C)O)[C@@H](C)[C@@H]1SCc1ccco1.